The molecule has 7 heterocycles. The molecule has 1 aliphatic carbocycles. The van der Waals surface area contributed by atoms with Crippen molar-refractivity contribution in [1.29, 1.82) is 0 Å². The van der Waals surface area contributed by atoms with Gasteiger partial charge in [-0.15, -0.1) is 16.9 Å². The van der Waals surface area contributed by atoms with E-state index in [2.05, 4.69) is 31.9 Å². The first-order chi connectivity index (χ1) is 40.2. The fraction of sp³-hybridized carbons (Fsp3) is 0.525. The van der Waals surface area contributed by atoms with E-state index in [-0.39, 0.29) is 130 Å². The molecule has 0 radical (unpaired) electrons. The number of ether oxygens (including phenoxy) is 2. The van der Waals surface area contributed by atoms with Gasteiger partial charge in [-0.25, -0.2) is 13.8 Å². The predicted molar refractivity (Wildman–Crippen MR) is 313 cm³/mol. The fourth-order valence-electron chi connectivity index (χ4n) is 12.2. The Morgan fingerprint density at radius 3 is 2.35 bits per heavy atom. The van der Waals surface area contributed by atoms with Gasteiger partial charge in [-0.2, -0.15) is 4.68 Å². The number of pyridine rings is 1. The number of nitrogens with zero attached hydrogens (tertiary/aromatic N) is 9. The highest BCUT2D eigenvalue weighted by Crippen LogP contribution is 2.45. The van der Waals surface area contributed by atoms with Gasteiger partial charge in [0.05, 0.1) is 80.8 Å². The van der Waals surface area contributed by atoms with E-state index in [0.717, 1.165) is 48.3 Å². The van der Waals surface area contributed by atoms with E-state index in [1.165, 1.54) is 24.3 Å². The minimum absolute atomic E-state index is 0.00587. The summed E-state index contributed by atoms with van der Waals surface area (Å²) in [7, 11) is 1.70. The van der Waals surface area contributed by atoms with E-state index >= 15 is 0 Å². The van der Waals surface area contributed by atoms with Crippen LogP contribution in [0.3, 0.4) is 0 Å². The number of likely N-dealkylation sites (tertiary alicyclic amines) is 2. The first-order valence-electron chi connectivity index (χ1n) is 29.2. The van der Waals surface area contributed by atoms with E-state index in [0.29, 0.717) is 97.1 Å². The molecule has 440 valence electrons. The molecule has 4 N–H and O–H groups in total. The third-order valence-corrected chi connectivity index (χ3v) is 18.2. The van der Waals surface area contributed by atoms with Crippen molar-refractivity contribution in [3.8, 4) is 11.1 Å². The van der Waals surface area contributed by atoms with E-state index in [9.17, 15) is 32.8 Å². The van der Waals surface area contributed by atoms with Gasteiger partial charge < -0.3 is 50.3 Å². The lowest BCUT2D eigenvalue weighted by Crippen LogP contribution is -2.58. The summed E-state index contributed by atoms with van der Waals surface area (Å²) in [6.07, 6.45) is 8.47. The predicted octanol–water partition coefficient (Wildman–Crippen LogP) is 7.53. The number of rotatable bonds is 22. The molecule has 2 bridgehead atoms. The summed E-state index contributed by atoms with van der Waals surface area (Å²) < 4.78 is 41.6. The number of nitrogens with one attached hydrogen (secondary N) is 2. The maximum atomic E-state index is 14.9. The number of halogens is 2. The molecule has 10 rings (SSSR count). The number of anilines is 2. The van der Waals surface area contributed by atoms with Gasteiger partial charge in [-0.3, -0.25) is 29.0 Å². The number of aliphatic imine (C=N–C) groups is 1. The maximum Gasteiger partial charge on any atom is 0.260 e. The smallest absolute Gasteiger partial charge is 0.260 e. The number of aryl methyl sites for hydroxylation is 1. The number of fused-ring (bicyclic) bond motifs is 8. The number of nitrogens with two attached hydrogens (primary N) is 1. The molecule has 83 heavy (non-hydrogen) atoms. The molecule has 2 aromatic heterocycles. The van der Waals surface area contributed by atoms with Gasteiger partial charge >= 0.3 is 0 Å². The molecule has 19 nitrogen and oxygen atoms in total. The number of carbonyl (C=O) groups excluding carboxylic acids is 5. The first kappa shape index (κ1) is 59.1. The van der Waals surface area contributed by atoms with Gasteiger partial charge in [-0.05, 0) is 136 Å². The number of benzene rings is 2. The van der Waals surface area contributed by atoms with E-state index in [1.807, 2.05) is 11.0 Å². The summed E-state index contributed by atoms with van der Waals surface area (Å²) in [5, 5.41) is 11.8. The Morgan fingerprint density at radius 1 is 0.892 bits per heavy atom. The summed E-state index contributed by atoms with van der Waals surface area (Å²) in [5.41, 5.74) is 11.6. The number of hydrogen-bond donors (Lipinski definition) is 3. The zero-order valence-corrected chi connectivity index (χ0v) is 48.1. The molecule has 5 atom stereocenters. The number of carbonyl (C=O) groups is 5. The third kappa shape index (κ3) is 13.5. The van der Waals surface area contributed by atoms with E-state index in [4.69, 9.17) is 31.9 Å². The molecule has 6 aliphatic rings. The van der Waals surface area contributed by atoms with E-state index < -0.39 is 17.9 Å². The Labute approximate surface area is 487 Å². The molecule has 4 amide bonds. The molecule has 4 fully saturated rings. The molecule has 22 heteroatoms. The van der Waals surface area contributed by atoms with Crippen molar-refractivity contribution >= 4 is 69.1 Å². The second-order valence-electron chi connectivity index (χ2n) is 22.5. The van der Waals surface area contributed by atoms with Crippen LogP contribution in [0.25, 0.3) is 21.5 Å². The first-order valence-corrected chi connectivity index (χ1v) is 30.2. The monoisotopic (exact) mass is 1160 g/mol. The van der Waals surface area contributed by atoms with Crippen molar-refractivity contribution in [2.45, 2.75) is 133 Å². The number of hydrogen-bond acceptors (Lipinski definition) is 14. The summed E-state index contributed by atoms with van der Waals surface area (Å²) >= 11 is 1.62. The van der Waals surface area contributed by atoms with Crippen molar-refractivity contribution in [1.82, 2.24) is 40.1 Å². The van der Waals surface area contributed by atoms with Crippen molar-refractivity contribution < 1.29 is 42.2 Å². The van der Waals surface area contributed by atoms with Crippen LogP contribution in [0.5, 0.6) is 0 Å². The zero-order chi connectivity index (χ0) is 58.3. The molecule has 0 spiro atoms. The van der Waals surface area contributed by atoms with Gasteiger partial charge in [0.15, 0.2) is 0 Å². The topological polar surface area (TPSA) is 214 Å². The van der Waals surface area contributed by atoms with Crippen molar-refractivity contribution in [3.63, 3.8) is 0 Å². The van der Waals surface area contributed by atoms with Crippen molar-refractivity contribution in [3.05, 3.63) is 107 Å². The number of Topliss-reactive ketones (excluding diaryl/α,β-unsaturated/α-hetero) is 1. The van der Waals surface area contributed by atoms with Gasteiger partial charge in [-0.1, -0.05) is 25.3 Å². The van der Waals surface area contributed by atoms with Gasteiger partial charge in [0.2, 0.25) is 17.7 Å². The third-order valence-electron chi connectivity index (χ3n) is 17.1. The maximum absolute atomic E-state index is 14.9. The lowest BCUT2D eigenvalue weighted by Gasteiger charge is -2.38. The minimum Gasteiger partial charge on any atom is -0.382 e. The van der Waals surface area contributed by atoms with Crippen molar-refractivity contribution in [2.75, 3.05) is 76.0 Å². The van der Waals surface area contributed by atoms with Crippen LogP contribution in [0.4, 0.5) is 26.1 Å². The minimum atomic E-state index is -0.769. The van der Waals surface area contributed by atoms with Crippen LogP contribution < -0.4 is 21.3 Å². The summed E-state index contributed by atoms with van der Waals surface area (Å²) in [5.74, 6) is -0.341. The number of amides is 4. The quantitative estimate of drug-likeness (QED) is 0.0514. The Hall–Kier alpha value is -7.06. The van der Waals surface area contributed by atoms with Crippen LogP contribution in [0.15, 0.2) is 66.3 Å². The number of aromatic nitrogens is 3. The van der Waals surface area contributed by atoms with Gasteiger partial charge in [0.25, 0.3) is 11.7 Å². The molecule has 1 unspecified atom stereocenters. The largest absolute Gasteiger partial charge is 0.382 e. The van der Waals surface area contributed by atoms with Crippen molar-refractivity contribution in [2.24, 2.45) is 10.9 Å². The SMILES string of the molecule is [C-]#[N+]c1c2c(nn1CCCC(=O)CCOCCOCCC(=O)N1CCC([C@@H](NC(=O)[C@@H](C)NC)C(=O)N3CCC[C@@H]3C3=NC(C(=C)c4ccc(F)cc4)CS3)CC1)CN(C1CC1)C(=O)c1ccc(F)cc1[C@H]1CCCN1c1cc-2cnc1N. The molecular formula is C61H74F2N12O7S. The Balaban J connectivity index is 0.666. The highest BCUT2D eigenvalue weighted by molar-refractivity contribution is 8.14. The number of thioether (sulfide) groups is 1. The van der Waals surface area contributed by atoms with E-state index in [1.54, 1.807) is 64.6 Å². The van der Waals surface area contributed by atoms with Crippen LogP contribution in [-0.4, -0.2) is 160 Å². The number of ketones is 1. The summed E-state index contributed by atoms with van der Waals surface area (Å²) in [6.45, 7) is 17.7. The van der Waals surface area contributed by atoms with Crippen LogP contribution >= 0.6 is 11.8 Å². The molecule has 3 saturated heterocycles. The number of nitrogen functional groups attached to an aromatic ring is 1. The average molecular weight is 1160 g/mol. The second-order valence-corrected chi connectivity index (χ2v) is 23.5. The Bertz CT molecular complexity index is 3160. The highest BCUT2D eigenvalue weighted by atomic mass is 32.2. The van der Waals surface area contributed by atoms with Gasteiger partial charge in [0.1, 0.15) is 35.0 Å². The van der Waals surface area contributed by atoms with Crippen LogP contribution in [0, 0.1) is 24.1 Å². The van der Waals surface area contributed by atoms with Crippen LogP contribution in [-0.2, 0) is 41.7 Å². The Morgan fingerprint density at radius 2 is 1.61 bits per heavy atom. The zero-order valence-electron chi connectivity index (χ0n) is 47.3. The Kier molecular flexibility index (Phi) is 19.0. The van der Waals surface area contributed by atoms with Crippen LogP contribution in [0.2, 0.25) is 0 Å². The average Bonchev–Trinajstić information content (AvgIpc) is 3.35. The summed E-state index contributed by atoms with van der Waals surface area (Å²) in [4.78, 5) is 89.9. The van der Waals surface area contributed by atoms with Gasteiger partial charge in [0, 0.05) is 68.1 Å². The summed E-state index contributed by atoms with van der Waals surface area (Å²) in [6, 6.07) is 10.5. The number of piperidine rings is 1. The molecule has 5 aliphatic heterocycles. The molecule has 1 saturated carbocycles. The molecule has 2 aromatic carbocycles. The lowest BCUT2D eigenvalue weighted by atomic mass is 9.88. The molecular weight excluding hydrogens is 1080 g/mol. The fourth-order valence-corrected chi connectivity index (χ4v) is 13.4. The number of likely N-dealkylation sites (N-methyl/N-ethyl adjacent to an activating group) is 1. The highest BCUT2D eigenvalue weighted by Gasteiger charge is 2.43. The standard InChI is InChI=1S/C61H74F2N12O7S/c1-37(39-11-13-42(62)14-12-39)49-36-83-59(68-49)51-10-7-24-73(51)61(80)55(69-58(78)38(2)65-3)40-19-26-71(27-20-40)53(77)22-29-82-31-30-81-28-21-45(76)8-5-25-75-57(66-4)54-41-32-52(56(64)67-34-41)72-23-6-9-50(72)47-33-43(63)15-18-46(47)60(79)74(44-16-17-44)35-48(54)70-75/h11-15,18,32-34,38,40,44,49-51,55,65H,1,5-10,16-17,19-31,35-36H2,2-3H3,(H2,64,67)(H,69,78)/t38-,49?,50-,51-,55-/m1/s1. The van der Waals surface area contributed by atoms with Crippen LogP contribution in [0.1, 0.15) is 117 Å². The normalized spacial score (nSPS) is 20.6. The molecule has 4 aromatic rings. The lowest BCUT2D eigenvalue weighted by molar-refractivity contribution is -0.140. The second kappa shape index (κ2) is 26.7.